The van der Waals surface area contributed by atoms with Gasteiger partial charge < -0.3 is 10.1 Å². The van der Waals surface area contributed by atoms with Crippen LogP contribution >= 0.6 is 0 Å². The van der Waals surface area contributed by atoms with Crippen LogP contribution in [0.15, 0.2) is 36.9 Å². The van der Waals surface area contributed by atoms with Crippen LogP contribution in [-0.4, -0.2) is 11.3 Å². The summed E-state index contributed by atoms with van der Waals surface area (Å²) in [5.41, 5.74) is -0.573. The van der Waals surface area contributed by atoms with E-state index in [0.717, 1.165) is 0 Å². The second-order valence-electron chi connectivity index (χ2n) is 2.63. The Morgan fingerprint density at radius 1 is 1.54 bits per heavy atom. The number of hydrogen-bond acceptors (Lipinski definition) is 4. The predicted octanol–water partition coefficient (Wildman–Crippen LogP) is 0.524. The first-order chi connectivity index (χ1) is 6.37. The van der Waals surface area contributed by atoms with Crippen LogP contribution in [0.4, 0.5) is 0 Å². The van der Waals surface area contributed by atoms with Gasteiger partial charge in [-0.05, 0) is 12.1 Å². The Labute approximate surface area is 75.2 Å². The summed E-state index contributed by atoms with van der Waals surface area (Å²) in [6, 6.07) is 5.32. The van der Waals surface area contributed by atoms with Crippen LogP contribution in [0.2, 0.25) is 0 Å². The van der Waals surface area contributed by atoms with Gasteiger partial charge in [0.2, 0.25) is 0 Å². The highest BCUT2D eigenvalue weighted by Gasteiger charge is 2.36. The molecule has 0 saturated heterocycles. The zero-order valence-corrected chi connectivity index (χ0v) is 6.81. The van der Waals surface area contributed by atoms with Crippen molar-refractivity contribution >= 4 is 6.29 Å². The van der Waals surface area contributed by atoms with Gasteiger partial charge >= 0.3 is 0 Å². The number of pyridine rings is 1. The minimum Gasteiger partial charge on any atom is -0.461 e. The van der Waals surface area contributed by atoms with Crippen LogP contribution in [-0.2, 0) is 15.3 Å². The Hall–Kier alpha value is -1.84. The number of hydrogen-bond donors (Lipinski definition) is 1. The van der Waals surface area contributed by atoms with Gasteiger partial charge in [-0.1, -0.05) is 6.07 Å². The van der Waals surface area contributed by atoms with E-state index in [0.29, 0.717) is 12.0 Å². The first-order valence-corrected chi connectivity index (χ1v) is 3.86. The molecule has 4 heteroatoms. The van der Waals surface area contributed by atoms with E-state index < -0.39 is 5.72 Å². The number of aromatic nitrogens is 1. The topological polar surface area (TPSA) is 51.2 Å². The lowest BCUT2D eigenvalue weighted by Gasteiger charge is -2.21. The molecule has 0 aliphatic carbocycles. The molecule has 4 nitrogen and oxygen atoms in total. The van der Waals surface area contributed by atoms with Crippen LogP contribution in [0, 0.1) is 0 Å². The Morgan fingerprint density at radius 3 is 3.00 bits per heavy atom. The zero-order valence-electron chi connectivity index (χ0n) is 6.81. The molecule has 0 saturated carbocycles. The van der Waals surface area contributed by atoms with Crippen LogP contribution in [0.5, 0.6) is 0 Å². The summed E-state index contributed by atoms with van der Waals surface area (Å²) >= 11 is 0. The first kappa shape index (κ1) is 7.79. The van der Waals surface area contributed by atoms with Crippen molar-refractivity contribution in [3.63, 3.8) is 0 Å². The van der Waals surface area contributed by atoms with Gasteiger partial charge in [0.15, 0.2) is 6.29 Å². The SMILES string of the molecule is O=CC1(c2ccccn2)NC=CO1. The molecule has 2 rings (SSSR count). The number of ether oxygens (including phenoxy) is 1. The van der Waals surface area contributed by atoms with Crippen LogP contribution in [0.3, 0.4) is 0 Å². The largest absolute Gasteiger partial charge is 0.461 e. The molecule has 1 aliphatic rings. The highest BCUT2D eigenvalue weighted by atomic mass is 16.5. The Bertz CT molecular complexity index is 327. The molecule has 0 spiro atoms. The van der Waals surface area contributed by atoms with Gasteiger partial charge in [0.1, 0.15) is 12.0 Å². The van der Waals surface area contributed by atoms with Gasteiger partial charge in [-0.25, -0.2) is 0 Å². The average Bonchev–Trinajstić information content (AvgIpc) is 2.69. The summed E-state index contributed by atoms with van der Waals surface area (Å²) in [4.78, 5) is 14.9. The summed E-state index contributed by atoms with van der Waals surface area (Å²) < 4.78 is 5.15. The lowest BCUT2D eigenvalue weighted by atomic mass is 10.1. The van der Waals surface area contributed by atoms with E-state index >= 15 is 0 Å². The van der Waals surface area contributed by atoms with E-state index in [1.807, 2.05) is 0 Å². The molecule has 1 aromatic rings. The molecule has 0 radical (unpaired) electrons. The van der Waals surface area contributed by atoms with Gasteiger partial charge in [0.05, 0.1) is 0 Å². The lowest BCUT2D eigenvalue weighted by Crippen LogP contribution is -2.39. The molecule has 66 valence electrons. The molecule has 1 atom stereocenters. The van der Waals surface area contributed by atoms with E-state index in [1.54, 1.807) is 30.6 Å². The summed E-state index contributed by atoms with van der Waals surface area (Å²) in [7, 11) is 0. The molecule has 0 aromatic carbocycles. The Morgan fingerprint density at radius 2 is 2.46 bits per heavy atom. The summed E-state index contributed by atoms with van der Waals surface area (Å²) in [5, 5.41) is 2.80. The maximum atomic E-state index is 10.9. The van der Waals surface area contributed by atoms with Crippen molar-refractivity contribution in [3.05, 3.63) is 42.6 Å². The number of rotatable bonds is 2. The van der Waals surface area contributed by atoms with Crippen LogP contribution < -0.4 is 5.32 Å². The van der Waals surface area contributed by atoms with Crippen molar-refractivity contribution in [2.75, 3.05) is 0 Å². The maximum Gasteiger partial charge on any atom is 0.279 e. The standard InChI is InChI=1S/C9H8N2O2/c12-7-9(11-5-6-13-9)8-3-1-2-4-10-8/h1-7,11H. The highest BCUT2D eigenvalue weighted by Crippen LogP contribution is 2.21. The minimum absolute atomic E-state index is 0.551. The zero-order chi connectivity index (χ0) is 9.15. The summed E-state index contributed by atoms with van der Waals surface area (Å²) in [6.07, 6.45) is 5.31. The third-order valence-corrected chi connectivity index (χ3v) is 1.83. The molecule has 1 aromatic heterocycles. The molecule has 0 bridgehead atoms. The fourth-order valence-electron chi connectivity index (χ4n) is 1.17. The molecule has 1 N–H and O–H groups in total. The van der Waals surface area contributed by atoms with Gasteiger partial charge in [0.25, 0.3) is 5.72 Å². The lowest BCUT2D eigenvalue weighted by molar-refractivity contribution is -0.126. The highest BCUT2D eigenvalue weighted by molar-refractivity contribution is 5.65. The maximum absolute atomic E-state index is 10.9. The smallest absolute Gasteiger partial charge is 0.279 e. The van der Waals surface area contributed by atoms with Gasteiger partial charge in [-0.3, -0.25) is 9.78 Å². The van der Waals surface area contributed by atoms with Gasteiger partial charge in [0, 0.05) is 12.4 Å². The van der Waals surface area contributed by atoms with Crippen molar-refractivity contribution < 1.29 is 9.53 Å². The number of carbonyl (C=O) groups is 1. The molecule has 1 unspecified atom stereocenters. The van der Waals surface area contributed by atoms with E-state index in [4.69, 9.17) is 4.74 Å². The van der Waals surface area contributed by atoms with Gasteiger partial charge in [-0.2, -0.15) is 0 Å². The van der Waals surface area contributed by atoms with E-state index in [2.05, 4.69) is 10.3 Å². The van der Waals surface area contributed by atoms with E-state index in [9.17, 15) is 4.79 Å². The van der Waals surface area contributed by atoms with Crippen LogP contribution in [0.25, 0.3) is 0 Å². The quantitative estimate of drug-likeness (QED) is 0.667. The summed E-state index contributed by atoms with van der Waals surface area (Å²) in [6.45, 7) is 0. The number of aldehydes is 1. The second-order valence-corrected chi connectivity index (χ2v) is 2.63. The Balaban J connectivity index is 2.38. The fourth-order valence-corrected chi connectivity index (χ4v) is 1.17. The van der Waals surface area contributed by atoms with E-state index in [-0.39, 0.29) is 0 Å². The van der Waals surface area contributed by atoms with Crippen molar-refractivity contribution in [1.29, 1.82) is 0 Å². The van der Waals surface area contributed by atoms with E-state index in [1.165, 1.54) is 6.26 Å². The molecular weight excluding hydrogens is 168 g/mol. The average molecular weight is 176 g/mol. The molecule has 1 aliphatic heterocycles. The van der Waals surface area contributed by atoms with Crippen molar-refractivity contribution in [1.82, 2.24) is 10.3 Å². The molecule has 13 heavy (non-hydrogen) atoms. The molecule has 0 amide bonds. The van der Waals surface area contributed by atoms with Crippen LogP contribution in [0.1, 0.15) is 5.69 Å². The van der Waals surface area contributed by atoms with Gasteiger partial charge in [-0.15, -0.1) is 0 Å². The number of nitrogens with zero attached hydrogens (tertiary/aromatic N) is 1. The Kier molecular flexibility index (Phi) is 1.73. The molecule has 2 heterocycles. The second kappa shape index (κ2) is 2.90. The predicted molar refractivity (Wildman–Crippen MR) is 45.3 cm³/mol. The third-order valence-electron chi connectivity index (χ3n) is 1.83. The summed E-state index contributed by atoms with van der Waals surface area (Å²) in [5.74, 6) is 0. The monoisotopic (exact) mass is 176 g/mol. The first-order valence-electron chi connectivity index (χ1n) is 3.86. The molecule has 0 fully saturated rings. The van der Waals surface area contributed by atoms with Crippen molar-refractivity contribution in [2.24, 2.45) is 0 Å². The minimum atomic E-state index is -1.12. The number of nitrogens with one attached hydrogen (secondary N) is 1. The normalized spacial score (nSPS) is 24.9. The third kappa shape index (κ3) is 1.16. The fraction of sp³-hybridized carbons (Fsp3) is 0.111. The van der Waals surface area contributed by atoms with Crippen molar-refractivity contribution in [3.8, 4) is 0 Å². The number of carbonyl (C=O) groups excluding carboxylic acids is 1. The molecular formula is C9H8N2O2. The van der Waals surface area contributed by atoms with Crippen molar-refractivity contribution in [2.45, 2.75) is 5.72 Å².